The number of benzene rings is 1. The normalized spacial score (nSPS) is 11.6. The maximum atomic E-state index is 13.5. The Kier molecular flexibility index (Phi) is 4.56. The number of hydrogen-bond acceptors (Lipinski definition) is 2. The Balaban J connectivity index is 2.71. The highest BCUT2D eigenvalue weighted by Gasteiger charge is 2.22. The van der Waals surface area contributed by atoms with E-state index in [4.69, 9.17) is 11.6 Å². The second-order valence-electron chi connectivity index (χ2n) is 3.89. The Morgan fingerprint density at radius 1 is 1.38 bits per heavy atom. The number of anilines is 1. The summed E-state index contributed by atoms with van der Waals surface area (Å²) in [5.41, 5.74) is -0.470. The van der Waals surface area contributed by atoms with Crippen LogP contribution in [0.3, 0.4) is 0 Å². The van der Waals surface area contributed by atoms with Crippen molar-refractivity contribution in [1.29, 1.82) is 0 Å². The molecule has 1 aromatic carbocycles. The van der Waals surface area contributed by atoms with Gasteiger partial charge < -0.3 is 10.4 Å². The lowest BCUT2D eigenvalue weighted by molar-refractivity contribution is 0.0456. The summed E-state index contributed by atoms with van der Waals surface area (Å²) in [7, 11) is 0. The average Bonchev–Trinajstić information content (AvgIpc) is 2.31. The first-order valence-corrected chi connectivity index (χ1v) is 5.80. The van der Waals surface area contributed by atoms with Crippen LogP contribution in [0.5, 0.6) is 0 Å². The summed E-state index contributed by atoms with van der Waals surface area (Å²) in [6.45, 7) is 4.12. The first-order chi connectivity index (χ1) is 7.52. The fraction of sp³-hybridized carbons (Fsp3) is 0.500. The number of halogens is 2. The third-order valence-corrected chi connectivity index (χ3v) is 3.17. The first kappa shape index (κ1) is 13.3. The van der Waals surface area contributed by atoms with Crippen LogP contribution in [0.2, 0.25) is 5.02 Å². The zero-order valence-electron chi connectivity index (χ0n) is 9.56. The molecule has 0 radical (unpaired) electrons. The zero-order valence-corrected chi connectivity index (χ0v) is 10.3. The molecule has 0 bridgehead atoms. The van der Waals surface area contributed by atoms with Gasteiger partial charge in [0.15, 0.2) is 5.82 Å². The van der Waals surface area contributed by atoms with Gasteiger partial charge in [-0.3, -0.25) is 0 Å². The van der Waals surface area contributed by atoms with E-state index in [2.05, 4.69) is 5.32 Å². The molecule has 0 unspecified atom stereocenters. The van der Waals surface area contributed by atoms with E-state index < -0.39 is 11.4 Å². The van der Waals surface area contributed by atoms with Crippen molar-refractivity contribution in [2.75, 3.05) is 11.9 Å². The van der Waals surface area contributed by atoms with Crippen LogP contribution in [0.15, 0.2) is 18.2 Å². The molecule has 0 aromatic heterocycles. The predicted molar refractivity (Wildman–Crippen MR) is 65.4 cm³/mol. The molecule has 0 atom stereocenters. The van der Waals surface area contributed by atoms with Crippen LogP contribution in [0, 0.1) is 5.82 Å². The lowest BCUT2D eigenvalue weighted by atomic mass is 9.97. The van der Waals surface area contributed by atoms with Crippen molar-refractivity contribution < 1.29 is 9.50 Å². The first-order valence-electron chi connectivity index (χ1n) is 5.42. The zero-order chi connectivity index (χ0) is 12.2. The summed E-state index contributed by atoms with van der Waals surface area (Å²) in [6, 6.07) is 4.77. The van der Waals surface area contributed by atoms with E-state index in [0.717, 1.165) is 0 Å². The molecule has 0 aliphatic heterocycles. The van der Waals surface area contributed by atoms with Crippen molar-refractivity contribution in [3.8, 4) is 0 Å². The van der Waals surface area contributed by atoms with Crippen LogP contribution < -0.4 is 5.32 Å². The van der Waals surface area contributed by atoms with Crippen LogP contribution in [0.4, 0.5) is 10.1 Å². The molecule has 0 amide bonds. The van der Waals surface area contributed by atoms with Gasteiger partial charge in [-0.25, -0.2) is 4.39 Å². The van der Waals surface area contributed by atoms with E-state index in [0.29, 0.717) is 25.1 Å². The number of rotatable bonds is 5. The van der Waals surface area contributed by atoms with Crippen molar-refractivity contribution in [3.63, 3.8) is 0 Å². The van der Waals surface area contributed by atoms with Gasteiger partial charge in [-0.05, 0) is 25.0 Å². The summed E-state index contributed by atoms with van der Waals surface area (Å²) >= 11 is 5.65. The highest BCUT2D eigenvalue weighted by Crippen LogP contribution is 2.23. The fourth-order valence-corrected chi connectivity index (χ4v) is 1.57. The van der Waals surface area contributed by atoms with Gasteiger partial charge in [-0.15, -0.1) is 0 Å². The van der Waals surface area contributed by atoms with Crippen molar-refractivity contribution in [3.05, 3.63) is 29.0 Å². The lowest BCUT2D eigenvalue weighted by Crippen LogP contribution is -2.35. The largest absolute Gasteiger partial charge is 0.388 e. The van der Waals surface area contributed by atoms with Gasteiger partial charge in [0, 0.05) is 6.54 Å². The molecule has 1 rings (SSSR count). The highest BCUT2D eigenvalue weighted by atomic mass is 35.5. The second-order valence-corrected chi connectivity index (χ2v) is 4.29. The van der Waals surface area contributed by atoms with Gasteiger partial charge >= 0.3 is 0 Å². The predicted octanol–water partition coefficient (Wildman–Crippen LogP) is 3.44. The second kappa shape index (κ2) is 5.51. The highest BCUT2D eigenvalue weighted by molar-refractivity contribution is 6.31. The Morgan fingerprint density at radius 3 is 2.56 bits per heavy atom. The molecule has 0 heterocycles. The Hall–Kier alpha value is -0.800. The van der Waals surface area contributed by atoms with Crippen LogP contribution in [0.1, 0.15) is 26.7 Å². The molecule has 2 N–H and O–H groups in total. The third kappa shape index (κ3) is 3.09. The minimum atomic E-state index is -0.797. The van der Waals surface area contributed by atoms with Gasteiger partial charge in [0.2, 0.25) is 0 Å². The standard InChI is InChI=1S/C12H17ClFNO/c1-3-12(16,4-2)8-15-10-7-5-6-9(13)11(10)14/h5-7,15-16H,3-4,8H2,1-2H3. The summed E-state index contributed by atoms with van der Waals surface area (Å²) in [5, 5.41) is 13.0. The van der Waals surface area contributed by atoms with Crippen molar-refractivity contribution in [2.45, 2.75) is 32.3 Å². The topological polar surface area (TPSA) is 32.3 Å². The number of hydrogen-bond donors (Lipinski definition) is 2. The SMILES string of the molecule is CCC(O)(CC)CNc1cccc(Cl)c1F. The van der Waals surface area contributed by atoms with Gasteiger partial charge in [0.05, 0.1) is 16.3 Å². The van der Waals surface area contributed by atoms with Crippen LogP contribution in [0.25, 0.3) is 0 Å². The molecular weight excluding hydrogens is 229 g/mol. The molecule has 0 aliphatic rings. The van der Waals surface area contributed by atoms with Gasteiger partial charge in [-0.2, -0.15) is 0 Å². The van der Waals surface area contributed by atoms with Crippen molar-refractivity contribution >= 4 is 17.3 Å². The van der Waals surface area contributed by atoms with E-state index in [9.17, 15) is 9.50 Å². The van der Waals surface area contributed by atoms with Crippen LogP contribution in [-0.4, -0.2) is 17.3 Å². The summed E-state index contributed by atoms with van der Waals surface area (Å²) < 4.78 is 13.5. The minimum Gasteiger partial charge on any atom is -0.388 e. The number of aliphatic hydroxyl groups is 1. The molecule has 2 nitrogen and oxygen atoms in total. The summed E-state index contributed by atoms with van der Waals surface area (Å²) in [4.78, 5) is 0. The molecule has 0 saturated heterocycles. The Labute approximate surface area is 100 Å². The van der Waals surface area contributed by atoms with Crippen LogP contribution in [-0.2, 0) is 0 Å². The van der Waals surface area contributed by atoms with Crippen molar-refractivity contribution in [1.82, 2.24) is 0 Å². The van der Waals surface area contributed by atoms with Gasteiger partial charge in [0.1, 0.15) is 0 Å². The smallest absolute Gasteiger partial charge is 0.164 e. The molecule has 16 heavy (non-hydrogen) atoms. The molecule has 0 spiro atoms. The monoisotopic (exact) mass is 245 g/mol. The van der Waals surface area contributed by atoms with E-state index in [1.54, 1.807) is 12.1 Å². The lowest BCUT2D eigenvalue weighted by Gasteiger charge is -2.26. The summed E-state index contributed by atoms with van der Waals surface area (Å²) in [5.74, 6) is -0.473. The molecule has 0 aliphatic carbocycles. The van der Waals surface area contributed by atoms with E-state index in [1.807, 2.05) is 13.8 Å². The molecule has 0 saturated carbocycles. The van der Waals surface area contributed by atoms with Crippen molar-refractivity contribution in [2.24, 2.45) is 0 Å². The van der Waals surface area contributed by atoms with Gasteiger partial charge in [-0.1, -0.05) is 31.5 Å². The summed E-state index contributed by atoms with van der Waals surface area (Å²) in [6.07, 6.45) is 1.25. The van der Waals surface area contributed by atoms with E-state index in [1.165, 1.54) is 6.07 Å². The van der Waals surface area contributed by atoms with Gasteiger partial charge in [0.25, 0.3) is 0 Å². The Morgan fingerprint density at radius 2 is 2.00 bits per heavy atom. The molecule has 4 heteroatoms. The molecule has 90 valence electrons. The quantitative estimate of drug-likeness (QED) is 0.833. The minimum absolute atomic E-state index is 0.0848. The fourth-order valence-electron chi connectivity index (χ4n) is 1.40. The van der Waals surface area contributed by atoms with E-state index in [-0.39, 0.29) is 5.02 Å². The average molecular weight is 246 g/mol. The number of nitrogens with one attached hydrogen (secondary N) is 1. The molecular formula is C12H17ClFNO. The maximum Gasteiger partial charge on any atom is 0.164 e. The maximum absolute atomic E-state index is 13.5. The molecule has 0 fully saturated rings. The van der Waals surface area contributed by atoms with Crippen LogP contribution >= 0.6 is 11.6 Å². The molecule has 1 aromatic rings. The Bertz CT molecular complexity index is 353. The van der Waals surface area contributed by atoms with E-state index >= 15 is 0 Å². The third-order valence-electron chi connectivity index (χ3n) is 2.88.